The first-order valence-corrected chi connectivity index (χ1v) is 9.72. The summed E-state index contributed by atoms with van der Waals surface area (Å²) in [5.41, 5.74) is 0. The monoisotopic (exact) mass is 411 g/mol. The van der Waals surface area contributed by atoms with E-state index < -0.39 is 0 Å². The highest BCUT2D eigenvalue weighted by atomic mass is 32.1. The highest BCUT2D eigenvalue weighted by Gasteiger charge is 2.15. The molecule has 0 N–H and O–H groups in total. The van der Waals surface area contributed by atoms with Gasteiger partial charge < -0.3 is 23.7 Å². The maximum atomic E-state index is 5.89. The molecule has 0 fully saturated rings. The molecule has 0 amide bonds. The van der Waals surface area contributed by atoms with Crippen LogP contribution in [0.25, 0.3) is 4.96 Å². The van der Waals surface area contributed by atoms with E-state index in [1.807, 2.05) is 47.0 Å². The van der Waals surface area contributed by atoms with Gasteiger partial charge in [-0.15, -0.1) is 10.2 Å². The molecule has 1 aliphatic heterocycles. The van der Waals surface area contributed by atoms with Crippen LogP contribution in [-0.2, 0) is 13.2 Å². The molecule has 5 rings (SSSR count). The average molecular weight is 411 g/mol. The number of rotatable bonds is 7. The topological polar surface area (TPSA) is 76.3 Å². The van der Waals surface area contributed by atoms with Gasteiger partial charge in [0.2, 0.25) is 11.8 Å². The van der Waals surface area contributed by atoms with E-state index in [4.69, 9.17) is 23.7 Å². The van der Waals surface area contributed by atoms with Crippen molar-refractivity contribution in [2.24, 2.45) is 0 Å². The van der Waals surface area contributed by atoms with Gasteiger partial charge in [0.15, 0.2) is 28.8 Å². The number of thiazole rings is 1. The lowest BCUT2D eigenvalue weighted by atomic mass is 10.3. The molecule has 0 aliphatic carbocycles. The van der Waals surface area contributed by atoms with Gasteiger partial charge in [0.05, 0.1) is 12.0 Å². The molecule has 3 heterocycles. The lowest BCUT2D eigenvalue weighted by Gasteiger charge is -2.08. The van der Waals surface area contributed by atoms with Crippen LogP contribution < -0.4 is 23.7 Å². The first kappa shape index (κ1) is 17.6. The lowest BCUT2D eigenvalue weighted by molar-refractivity contribution is 0.173. The van der Waals surface area contributed by atoms with E-state index >= 15 is 0 Å². The molecule has 8 nitrogen and oxygen atoms in total. The van der Waals surface area contributed by atoms with E-state index in [2.05, 4.69) is 10.2 Å². The molecule has 0 saturated heterocycles. The summed E-state index contributed by atoms with van der Waals surface area (Å²) >= 11 is 1.52. The van der Waals surface area contributed by atoms with Crippen LogP contribution in [0.2, 0.25) is 0 Å². The molecular weight excluding hydrogens is 394 g/mol. The maximum absolute atomic E-state index is 5.89. The van der Waals surface area contributed by atoms with Gasteiger partial charge in [-0.05, 0) is 24.3 Å². The fraction of sp³-hybridized carbons (Fsp3) is 0.200. The Bertz CT molecular complexity index is 1160. The zero-order chi connectivity index (χ0) is 19.6. The van der Waals surface area contributed by atoms with Crippen LogP contribution in [0.3, 0.4) is 0 Å². The number of hydrogen-bond donors (Lipinski definition) is 0. The summed E-state index contributed by atoms with van der Waals surface area (Å²) in [5, 5.41) is 8.44. The fourth-order valence-electron chi connectivity index (χ4n) is 2.96. The largest absolute Gasteiger partial charge is 0.493 e. The Hall–Kier alpha value is -3.46. The summed E-state index contributed by atoms with van der Waals surface area (Å²) in [6.45, 7) is 0.930. The van der Waals surface area contributed by atoms with E-state index in [1.54, 1.807) is 13.2 Å². The third-order valence-corrected chi connectivity index (χ3v) is 5.33. The normalized spacial score (nSPS) is 12.3. The van der Waals surface area contributed by atoms with E-state index in [9.17, 15) is 0 Å². The number of benzene rings is 2. The molecule has 0 bridgehead atoms. The zero-order valence-electron chi connectivity index (χ0n) is 15.5. The van der Waals surface area contributed by atoms with Crippen molar-refractivity contribution in [2.45, 2.75) is 13.2 Å². The van der Waals surface area contributed by atoms with Crippen LogP contribution in [0.1, 0.15) is 10.7 Å². The van der Waals surface area contributed by atoms with E-state index in [-0.39, 0.29) is 13.4 Å². The first-order valence-electron chi connectivity index (χ1n) is 8.91. The average Bonchev–Trinajstić information content (AvgIpc) is 3.46. The predicted octanol–water partition coefficient (Wildman–Crippen LogP) is 3.69. The number of fused-ring (bicyclic) bond motifs is 2. The third kappa shape index (κ3) is 3.52. The Morgan fingerprint density at radius 2 is 1.86 bits per heavy atom. The van der Waals surface area contributed by atoms with Gasteiger partial charge in [-0.3, -0.25) is 4.40 Å². The van der Waals surface area contributed by atoms with Crippen LogP contribution in [0, 0.1) is 0 Å². The molecule has 2 aromatic carbocycles. The number of hydrogen-bond acceptors (Lipinski definition) is 8. The minimum absolute atomic E-state index is 0.234. The molecule has 29 heavy (non-hydrogen) atoms. The van der Waals surface area contributed by atoms with Crippen LogP contribution in [0.15, 0.2) is 48.7 Å². The second-order valence-electron chi connectivity index (χ2n) is 6.21. The highest BCUT2D eigenvalue weighted by Crippen LogP contribution is 2.35. The van der Waals surface area contributed by atoms with Crippen molar-refractivity contribution in [3.8, 4) is 28.7 Å². The number of para-hydroxylation sites is 2. The second-order valence-corrected chi connectivity index (χ2v) is 7.30. The summed E-state index contributed by atoms with van der Waals surface area (Å²) in [4.78, 5) is 1.80. The van der Waals surface area contributed by atoms with Gasteiger partial charge in [0.1, 0.15) is 19.0 Å². The minimum Gasteiger partial charge on any atom is -0.493 e. The predicted molar refractivity (Wildman–Crippen MR) is 105 cm³/mol. The molecule has 4 aromatic rings. The second kappa shape index (κ2) is 7.51. The first-order chi connectivity index (χ1) is 14.3. The number of nitrogens with zero attached hydrogens (tertiary/aromatic N) is 3. The molecular formula is C20H17N3O5S. The van der Waals surface area contributed by atoms with Crippen molar-refractivity contribution < 1.29 is 23.7 Å². The smallest absolute Gasteiger partial charge is 0.231 e. The van der Waals surface area contributed by atoms with E-state index in [1.165, 1.54) is 11.3 Å². The fourth-order valence-corrected chi connectivity index (χ4v) is 3.81. The van der Waals surface area contributed by atoms with Crippen molar-refractivity contribution in [1.82, 2.24) is 14.6 Å². The molecule has 2 aromatic heterocycles. The molecule has 9 heteroatoms. The maximum Gasteiger partial charge on any atom is 0.231 e. The van der Waals surface area contributed by atoms with Crippen LogP contribution in [0.5, 0.6) is 28.7 Å². The van der Waals surface area contributed by atoms with E-state index in [0.29, 0.717) is 35.4 Å². The van der Waals surface area contributed by atoms with Gasteiger partial charge >= 0.3 is 0 Å². The molecule has 0 saturated carbocycles. The summed E-state index contributed by atoms with van der Waals surface area (Å²) in [6.07, 6.45) is 1.97. The minimum atomic E-state index is 0.234. The van der Waals surface area contributed by atoms with Crippen molar-refractivity contribution in [1.29, 1.82) is 0 Å². The summed E-state index contributed by atoms with van der Waals surface area (Å²) < 4.78 is 29.7. The Labute approximate surface area is 170 Å². The lowest BCUT2D eigenvalue weighted by Crippen LogP contribution is -2.01. The number of methoxy groups -OCH3 is 1. The molecule has 0 radical (unpaired) electrons. The van der Waals surface area contributed by atoms with Gasteiger partial charge in [-0.1, -0.05) is 23.5 Å². The van der Waals surface area contributed by atoms with Gasteiger partial charge in [0, 0.05) is 12.3 Å². The SMILES string of the molecule is COc1ccccc1OCc1cn2c(COc3ccc4c(c3)OCO4)nnc2s1. The van der Waals surface area contributed by atoms with Crippen molar-refractivity contribution in [2.75, 3.05) is 13.9 Å². The van der Waals surface area contributed by atoms with Crippen LogP contribution in [-0.4, -0.2) is 28.5 Å². The van der Waals surface area contributed by atoms with Crippen LogP contribution in [0.4, 0.5) is 0 Å². The van der Waals surface area contributed by atoms with Gasteiger partial charge in [0.25, 0.3) is 0 Å². The number of aromatic nitrogens is 3. The van der Waals surface area contributed by atoms with Crippen LogP contribution >= 0.6 is 11.3 Å². The number of ether oxygens (including phenoxy) is 5. The summed E-state index contributed by atoms with van der Waals surface area (Å²) in [7, 11) is 1.62. The highest BCUT2D eigenvalue weighted by molar-refractivity contribution is 7.17. The molecule has 0 spiro atoms. The summed E-state index contributed by atoms with van der Waals surface area (Å²) in [5.74, 6) is 4.19. The third-order valence-electron chi connectivity index (χ3n) is 4.38. The van der Waals surface area contributed by atoms with Gasteiger partial charge in [-0.2, -0.15) is 0 Å². The Morgan fingerprint density at radius 1 is 1.00 bits per heavy atom. The Balaban J connectivity index is 1.27. The van der Waals surface area contributed by atoms with Gasteiger partial charge in [-0.25, -0.2) is 0 Å². The van der Waals surface area contributed by atoms with Crippen molar-refractivity contribution in [3.63, 3.8) is 0 Å². The molecule has 1 aliphatic rings. The Morgan fingerprint density at radius 3 is 2.76 bits per heavy atom. The Kier molecular flexibility index (Phi) is 4.57. The van der Waals surface area contributed by atoms with Crippen molar-refractivity contribution in [3.05, 3.63) is 59.4 Å². The molecule has 148 valence electrons. The standard InChI is InChI=1S/C20H17N3O5S/c1-24-15-4-2-3-5-16(15)26-10-14-9-23-19(21-22-20(23)29-14)11-25-13-6-7-17-18(8-13)28-12-27-17/h2-9H,10-12H2,1H3. The summed E-state index contributed by atoms with van der Waals surface area (Å²) in [6, 6.07) is 13.0. The molecule has 0 atom stereocenters. The molecule has 0 unspecified atom stereocenters. The van der Waals surface area contributed by atoms with E-state index in [0.717, 1.165) is 15.6 Å². The zero-order valence-corrected chi connectivity index (χ0v) is 16.3. The quantitative estimate of drug-likeness (QED) is 0.459. The van der Waals surface area contributed by atoms with Crippen molar-refractivity contribution >= 4 is 16.3 Å².